The highest BCUT2D eigenvalue weighted by atomic mass is 32.2. The van der Waals surface area contributed by atoms with Crippen LogP contribution in [0.15, 0.2) is 36.4 Å². The summed E-state index contributed by atoms with van der Waals surface area (Å²) in [6.07, 6.45) is 4.54. The Morgan fingerprint density at radius 3 is 2.59 bits per heavy atom. The monoisotopic (exact) mass is 390 g/mol. The van der Waals surface area contributed by atoms with Gasteiger partial charge in [-0.3, -0.25) is 9.69 Å². The number of carbonyl (C=O) groups is 1. The first-order valence-corrected chi connectivity index (χ1v) is 11.7. The minimum Gasteiger partial charge on any atom is -0.335 e. The molecule has 1 saturated heterocycles. The number of benzene rings is 1. The van der Waals surface area contributed by atoms with Gasteiger partial charge in [0.15, 0.2) is 9.84 Å². The Kier molecular flexibility index (Phi) is 6.37. The van der Waals surface area contributed by atoms with E-state index in [2.05, 4.69) is 23.1 Å². The highest BCUT2D eigenvalue weighted by molar-refractivity contribution is 7.91. The van der Waals surface area contributed by atoms with Gasteiger partial charge in [-0.25, -0.2) is 8.42 Å². The highest BCUT2D eigenvalue weighted by Gasteiger charge is 2.36. The first-order valence-electron chi connectivity index (χ1n) is 9.88. The van der Waals surface area contributed by atoms with Crippen molar-refractivity contribution < 1.29 is 13.2 Å². The number of hydrogen-bond acceptors (Lipinski definition) is 4. The zero-order valence-electron chi connectivity index (χ0n) is 16.3. The summed E-state index contributed by atoms with van der Waals surface area (Å²) in [5, 5.41) is 0. The first-order chi connectivity index (χ1) is 12.9. The number of nitrogens with zero attached hydrogens (tertiary/aromatic N) is 2. The van der Waals surface area contributed by atoms with E-state index in [0.717, 1.165) is 25.9 Å². The third-order valence-electron chi connectivity index (χ3n) is 5.75. The van der Waals surface area contributed by atoms with E-state index in [1.165, 1.54) is 11.1 Å². The molecule has 1 aromatic rings. The summed E-state index contributed by atoms with van der Waals surface area (Å²) in [7, 11) is -3.00. The Labute approximate surface area is 163 Å². The molecular formula is C21H30N2O3S. The highest BCUT2D eigenvalue weighted by Crippen LogP contribution is 2.24. The Morgan fingerprint density at radius 2 is 2.04 bits per heavy atom. The molecule has 148 valence electrons. The van der Waals surface area contributed by atoms with Gasteiger partial charge in [-0.1, -0.05) is 43.3 Å². The molecule has 2 aliphatic heterocycles. The van der Waals surface area contributed by atoms with Crippen LogP contribution in [0.5, 0.6) is 0 Å². The maximum absolute atomic E-state index is 13.0. The Hall–Kier alpha value is -1.66. The van der Waals surface area contributed by atoms with Crippen LogP contribution >= 0.6 is 0 Å². The van der Waals surface area contributed by atoms with Gasteiger partial charge in [0.05, 0.1) is 18.1 Å². The Balaban J connectivity index is 1.64. The van der Waals surface area contributed by atoms with E-state index in [0.29, 0.717) is 13.0 Å². The average Bonchev–Trinajstić information content (AvgIpc) is 3.02. The number of sulfone groups is 1. The Bertz CT molecular complexity index is 789. The van der Waals surface area contributed by atoms with Crippen LogP contribution in [-0.2, 0) is 14.6 Å². The fourth-order valence-electron chi connectivity index (χ4n) is 4.04. The predicted molar refractivity (Wildman–Crippen MR) is 109 cm³/mol. The van der Waals surface area contributed by atoms with Crippen molar-refractivity contribution >= 4 is 21.3 Å². The zero-order chi connectivity index (χ0) is 19.4. The molecule has 2 atom stereocenters. The fraction of sp³-hybridized carbons (Fsp3) is 0.571. The summed E-state index contributed by atoms with van der Waals surface area (Å²) in [6.45, 7) is 6.03. The SMILES string of the molecule is CC[C@@H](C)N(C(=O)CN1CC=C(c2ccccc2)CC1)[C@H]1CCS(=O)(=O)C1. The summed E-state index contributed by atoms with van der Waals surface area (Å²) in [4.78, 5) is 17.0. The molecule has 2 heterocycles. The van der Waals surface area contributed by atoms with E-state index in [9.17, 15) is 13.2 Å². The van der Waals surface area contributed by atoms with Crippen molar-refractivity contribution in [2.75, 3.05) is 31.1 Å². The van der Waals surface area contributed by atoms with Crippen LogP contribution in [0.2, 0.25) is 0 Å². The van der Waals surface area contributed by atoms with E-state index in [1.807, 2.05) is 36.9 Å². The van der Waals surface area contributed by atoms with Crippen LogP contribution in [0.1, 0.15) is 38.7 Å². The molecule has 27 heavy (non-hydrogen) atoms. The van der Waals surface area contributed by atoms with Gasteiger partial charge in [0, 0.05) is 25.2 Å². The normalized spacial score (nSPS) is 23.6. The van der Waals surface area contributed by atoms with E-state index in [1.54, 1.807) is 0 Å². The van der Waals surface area contributed by atoms with E-state index in [-0.39, 0.29) is 29.5 Å². The molecule has 1 fully saturated rings. The maximum atomic E-state index is 13.0. The summed E-state index contributed by atoms with van der Waals surface area (Å²) >= 11 is 0. The van der Waals surface area contributed by atoms with Crippen molar-refractivity contribution in [2.45, 2.75) is 45.2 Å². The molecule has 0 aliphatic carbocycles. The first kappa shape index (κ1) is 20.1. The second-order valence-corrected chi connectivity index (χ2v) is 9.92. The minimum absolute atomic E-state index is 0.0583. The lowest BCUT2D eigenvalue weighted by Gasteiger charge is -2.36. The molecule has 6 heteroatoms. The third kappa shape index (κ3) is 4.99. The lowest BCUT2D eigenvalue weighted by Crippen LogP contribution is -2.50. The molecule has 0 saturated carbocycles. The van der Waals surface area contributed by atoms with Crippen molar-refractivity contribution in [3.8, 4) is 0 Å². The fourth-order valence-corrected chi connectivity index (χ4v) is 5.75. The van der Waals surface area contributed by atoms with E-state index < -0.39 is 9.84 Å². The zero-order valence-corrected chi connectivity index (χ0v) is 17.1. The summed E-state index contributed by atoms with van der Waals surface area (Å²) < 4.78 is 23.8. The predicted octanol–water partition coefficient (Wildman–Crippen LogP) is 2.59. The minimum atomic E-state index is -3.00. The molecule has 5 nitrogen and oxygen atoms in total. The van der Waals surface area contributed by atoms with Crippen LogP contribution in [0.25, 0.3) is 5.57 Å². The summed E-state index contributed by atoms with van der Waals surface area (Å²) in [6, 6.07) is 10.3. The lowest BCUT2D eigenvalue weighted by atomic mass is 9.99. The van der Waals surface area contributed by atoms with Gasteiger partial charge in [0.25, 0.3) is 0 Å². The van der Waals surface area contributed by atoms with Gasteiger partial charge in [-0.15, -0.1) is 0 Å². The molecule has 1 amide bonds. The molecular weight excluding hydrogens is 360 g/mol. The van der Waals surface area contributed by atoms with Gasteiger partial charge in [0.1, 0.15) is 0 Å². The quantitative estimate of drug-likeness (QED) is 0.749. The number of carbonyl (C=O) groups excluding carboxylic acids is 1. The van der Waals surface area contributed by atoms with Gasteiger partial charge in [-0.2, -0.15) is 0 Å². The molecule has 3 rings (SSSR count). The van der Waals surface area contributed by atoms with Crippen LogP contribution in [0, 0.1) is 0 Å². The molecule has 1 aromatic carbocycles. The van der Waals surface area contributed by atoms with Crippen LogP contribution in [0.4, 0.5) is 0 Å². The molecule has 0 radical (unpaired) electrons. The molecule has 0 unspecified atom stereocenters. The van der Waals surface area contributed by atoms with Gasteiger partial charge < -0.3 is 4.90 Å². The van der Waals surface area contributed by atoms with Gasteiger partial charge >= 0.3 is 0 Å². The van der Waals surface area contributed by atoms with Crippen molar-refractivity contribution in [3.63, 3.8) is 0 Å². The van der Waals surface area contributed by atoms with Gasteiger partial charge in [-0.05, 0) is 37.3 Å². The van der Waals surface area contributed by atoms with Crippen molar-refractivity contribution in [3.05, 3.63) is 42.0 Å². The number of amides is 1. The summed E-state index contributed by atoms with van der Waals surface area (Å²) in [5.41, 5.74) is 2.58. The number of hydrogen-bond donors (Lipinski definition) is 0. The van der Waals surface area contributed by atoms with Crippen molar-refractivity contribution in [1.82, 2.24) is 9.80 Å². The van der Waals surface area contributed by atoms with Gasteiger partial charge in [0.2, 0.25) is 5.91 Å². The van der Waals surface area contributed by atoms with E-state index in [4.69, 9.17) is 0 Å². The standard InChI is InChI=1S/C21H30N2O3S/c1-3-17(2)23(20-11-14-27(25,26)16-20)21(24)15-22-12-9-19(10-13-22)18-7-5-4-6-8-18/h4-9,17,20H,3,10-16H2,1-2H3/t17-,20+/m1/s1. The van der Waals surface area contributed by atoms with Crippen LogP contribution < -0.4 is 0 Å². The lowest BCUT2D eigenvalue weighted by molar-refractivity contribution is -0.136. The molecule has 0 N–H and O–H groups in total. The Morgan fingerprint density at radius 1 is 1.30 bits per heavy atom. The second kappa shape index (κ2) is 8.57. The average molecular weight is 391 g/mol. The third-order valence-corrected chi connectivity index (χ3v) is 7.50. The topological polar surface area (TPSA) is 57.7 Å². The van der Waals surface area contributed by atoms with E-state index >= 15 is 0 Å². The van der Waals surface area contributed by atoms with Crippen LogP contribution in [-0.4, -0.2) is 67.3 Å². The molecule has 0 bridgehead atoms. The van der Waals surface area contributed by atoms with Crippen molar-refractivity contribution in [2.24, 2.45) is 0 Å². The van der Waals surface area contributed by atoms with Crippen molar-refractivity contribution in [1.29, 1.82) is 0 Å². The number of rotatable bonds is 6. The smallest absolute Gasteiger partial charge is 0.237 e. The molecule has 0 spiro atoms. The summed E-state index contributed by atoms with van der Waals surface area (Å²) in [5.74, 6) is 0.370. The maximum Gasteiger partial charge on any atom is 0.237 e. The molecule has 0 aromatic heterocycles. The largest absolute Gasteiger partial charge is 0.335 e. The second-order valence-electron chi connectivity index (χ2n) is 7.70. The molecule has 2 aliphatic rings. The van der Waals surface area contributed by atoms with Crippen LogP contribution in [0.3, 0.4) is 0 Å².